The lowest BCUT2D eigenvalue weighted by molar-refractivity contribution is -0.146. The summed E-state index contributed by atoms with van der Waals surface area (Å²) >= 11 is 0. The second kappa shape index (κ2) is 7.83. The zero-order valence-corrected chi connectivity index (χ0v) is 15.5. The molecule has 10 heteroatoms. The van der Waals surface area contributed by atoms with E-state index in [4.69, 9.17) is 4.42 Å². The van der Waals surface area contributed by atoms with Crippen LogP contribution in [0.2, 0.25) is 0 Å². The van der Waals surface area contributed by atoms with Crippen molar-refractivity contribution in [2.24, 2.45) is 0 Å². The summed E-state index contributed by atoms with van der Waals surface area (Å²) in [6.45, 7) is 2.47. The highest BCUT2D eigenvalue weighted by Crippen LogP contribution is 2.19. The third kappa shape index (κ3) is 3.75. The average molecular weight is 391 g/mol. The number of imide groups is 1. The Kier molecular flexibility index (Phi) is 5.48. The minimum Gasteiger partial charge on any atom is -0.478 e. The molecule has 1 aromatic rings. The van der Waals surface area contributed by atoms with Crippen LogP contribution in [-0.2, 0) is 20.8 Å². The molecule has 1 aromatic heterocycles. The normalized spacial score (nSPS) is 17.4. The van der Waals surface area contributed by atoms with Gasteiger partial charge in [-0.25, -0.2) is 4.79 Å². The van der Waals surface area contributed by atoms with Gasteiger partial charge >= 0.3 is 5.97 Å². The summed E-state index contributed by atoms with van der Waals surface area (Å²) < 4.78 is 5.39. The maximum Gasteiger partial charge on any atom is 0.339 e. The Bertz CT molecular complexity index is 820. The van der Waals surface area contributed by atoms with Gasteiger partial charge in [0.2, 0.25) is 17.7 Å². The van der Waals surface area contributed by atoms with E-state index < -0.39 is 11.9 Å². The van der Waals surface area contributed by atoms with Crippen LogP contribution < -0.4 is 0 Å². The number of carbonyl (C=O) groups is 5. The van der Waals surface area contributed by atoms with Crippen LogP contribution in [-0.4, -0.2) is 82.1 Å². The van der Waals surface area contributed by atoms with Gasteiger partial charge in [-0.1, -0.05) is 6.92 Å². The Morgan fingerprint density at radius 1 is 1.04 bits per heavy atom. The van der Waals surface area contributed by atoms with Crippen molar-refractivity contribution < 1.29 is 33.5 Å². The first-order chi connectivity index (χ1) is 13.3. The van der Waals surface area contributed by atoms with Crippen molar-refractivity contribution in [1.82, 2.24) is 14.7 Å². The molecule has 2 fully saturated rings. The SMILES string of the molecule is CCc1oc(C(=O)N2CCN(C(=O)CN3C(=O)CCC3=O)CC2)cc1C(=O)O. The summed E-state index contributed by atoms with van der Waals surface area (Å²) in [5, 5.41) is 9.17. The minimum absolute atomic E-state index is 0.0281. The van der Waals surface area contributed by atoms with Gasteiger partial charge < -0.3 is 19.3 Å². The highest BCUT2D eigenvalue weighted by Gasteiger charge is 2.33. The van der Waals surface area contributed by atoms with E-state index >= 15 is 0 Å². The highest BCUT2D eigenvalue weighted by molar-refractivity contribution is 6.04. The fourth-order valence-electron chi connectivity index (χ4n) is 3.33. The standard InChI is InChI=1S/C18H21N3O7/c1-2-12-11(18(26)27)9-13(28-12)17(25)20-7-5-19(6-8-20)16(24)10-21-14(22)3-4-15(21)23/h9H,2-8,10H2,1H3,(H,26,27). The van der Waals surface area contributed by atoms with E-state index in [-0.39, 0.29) is 80.4 Å². The summed E-state index contributed by atoms with van der Waals surface area (Å²) in [5.74, 6) is -2.40. The number of aryl methyl sites for hydroxylation is 1. The van der Waals surface area contributed by atoms with Gasteiger partial charge in [-0.2, -0.15) is 0 Å². The second-order valence-corrected chi connectivity index (χ2v) is 6.65. The second-order valence-electron chi connectivity index (χ2n) is 6.65. The predicted octanol–water partition coefficient (Wildman–Crippen LogP) is -0.0264. The Hall–Kier alpha value is -3.17. The van der Waals surface area contributed by atoms with Crippen LogP contribution >= 0.6 is 0 Å². The van der Waals surface area contributed by atoms with Crippen LogP contribution in [0.1, 0.15) is 46.4 Å². The molecule has 3 heterocycles. The van der Waals surface area contributed by atoms with Crippen molar-refractivity contribution in [1.29, 1.82) is 0 Å². The number of amides is 4. The van der Waals surface area contributed by atoms with E-state index in [1.165, 1.54) is 15.9 Å². The molecular weight excluding hydrogens is 370 g/mol. The molecule has 1 N–H and O–H groups in total. The molecule has 28 heavy (non-hydrogen) atoms. The fraction of sp³-hybridized carbons (Fsp3) is 0.500. The molecular formula is C18H21N3O7. The Balaban J connectivity index is 1.58. The molecule has 0 atom stereocenters. The Morgan fingerprint density at radius 2 is 1.61 bits per heavy atom. The van der Waals surface area contributed by atoms with Gasteiger partial charge in [-0.05, 0) is 0 Å². The molecule has 0 aliphatic carbocycles. The number of piperazine rings is 1. The lowest BCUT2D eigenvalue weighted by Gasteiger charge is -2.34. The number of likely N-dealkylation sites (tertiary alicyclic amines) is 1. The minimum atomic E-state index is -1.15. The van der Waals surface area contributed by atoms with Crippen LogP contribution in [0.4, 0.5) is 0 Å². The monoisotopic (exact) mass is 391 g/mol. The molecule has 10 nitrogen and oxygen atoms in total. The number of rotatable bonds is 5. The number of carbonyl (C=O) groups excluding carboxylic acids is 4. The first-order valence-electron chi connectivity index (χ1n) is 9.08. The molecule has 2 aliphatic rings. The van der Waals surface area contributed by atoms with Gasteiger partial charge in [0.05, 0.1) is 0 Å². The van der Waals surface area contributed by atoms with E-state index in [2.05, 4.69) is 0 Å². The van der Waals surface area contributed by atoms with Crippen molar-refractivity contribution in [3.8, 4) is 0 Å². The number of nitrogens with zero attached hydrogens (tertiary/aromatic N) is 3. The first-order valence-corrected chi connectivity index (χ1v) is 9.08. The van der Waals surface area contributed by atoms with E-state index in [0.29, 0.717) is 6.42 Å². The molecule has 3 rings (SSSR count). The van der Waals surface area contributed by atoms with Crippen molar-refractivity contribution in [2.75, 3.05) is 32.7 Å². The zero-order chi connectivity index (χ0) is 20.4. The molecule has 0 bridgehead atoms. The van der Waals surface area contributed by atoms with Crippen LogP contribution in [0.3, 0.4) is 0 Å². The van der Waals surface area contributed by atoms with Gasteiger partial charge in [0, 0.05) is 51.5 Å². The summed E-state index contributed by atoms with van der Waals surface area (Å²) in [5.41, 5.74) is -0.0281. The van der Waals surface area contributed by atoms with E-state index in [9.17, 15) is 29.1 Å². The molecule has 0 aromatic carbocycles. The van der Waals surface area contributed by atoms with Gasteiger partial charge in [-0.3, -0.25) is 24.1 Å². The number of furan rings is 1. The highest BCUT2D eigenvalue weighted by atomic mass is 16.4. The zero-order valence-electron chi connectivity index (χ0n) is 15.5. The fourth-order valence-corrected chi connectivity index (χ4v) is 3.33. The number of carboxylic acid groups (broad SMARTS) is 1. The molecule has 0 spiro atoms. The third-order valence-corrected chi connectivity index (χ3v) is 4.94. The largest absolute Gasteiger partial charge is 0.478 e. The van der Waals surface area contributed by atoms with E-state index in [1.807, 2.05) is 0 Å². The maximum atomic E-state index is 12.6. The molecule has 0 saturated carbocycles. The topological polar surface area (TPSA) is 128 Å². The summed E-state index contributed by atoms with van der Waals surface area (Å²) in [4.78, 5) is 63.4. The Labute approximate surface area is 160 Å². The van der Waals surface area contributed by atoms with Gasteiger partial charge in [0.1, 0.15) is 17.9 Å². The molecule has 150 valence electrons. The summed E-state index contributed by atoms with van der Waals surface area (Å²) in [6, 6.07) is 1.23. The van der Waals surface area contributed by atoms with E-state index in [1.54, 1.807) is 6.92 Å². The summed E-state index contributed by atoms with van der Waals surface area (Å²) in [7, 11) is 0. The van der Waals surface area contributed by atoms with Gasteiger partial charge in [-0.15, -0.1) is 0 Å². The molecule has 2 aliphatic heterocycles. The number of carboxylic acids is 1. The average Bonchev–Trinajstić information content (AvgIpc) is 3.26. The number of hydrogen-bond donors (Lipinski definition) is 1. The van der Waals surface area contributed by atoms with Gasteiger partial charge in [0.15, 0.2) is 5.76 Å². The summed E-state index contributed by atoms with van der Waals surface area (Å²) in [6.07, 6.45) is 0.621. The van der Waals surface area contributed by atoms with Crippen molar-refractivity contribution in [3.63, 3.8) is 0 Å². The lowest BCUT2D eigenvalue weighted by Crippen LogP contribution is -2.53. The molecule has 0 radical (unpaired) electrons. The van der Waals surface area contributed by atoms with Crippen LogP contribution in [0.5, 0.6) is 0 Å². The third-order valence-electron chi connectivity index (χ3n) is 4.94. The van der Waals surface area contributed by atoms with Crippen molar-refractivity contribution in [3.05, 3.63) is 23.2 Å². The quantitative estimate of drug-likeness (QED) is 0.698. The lowest BCUT2D eigenvalue weighted by atomic mass is 10.2. The Morgan fingerprint density at radius 3 is 2.11 bits per heavy atom. The molecule has 2 saturated heterocycles. The van der Waals surface area contributed by atoms with Crippen molar-refractivity contribution in [2.45, 2.75) is 26.2 Å². The smallest absolute Gasteiger partial charge is 0.339 e. The molecule has 4 amide bonds. The van der Waals surface area contributed by atoms with E-state index in [0.717, 1.165) is 4.90 Å². The maximum absolute atomic E-state index is 12.6. The van der Waals surface area contributed by atoms with Crippen LogP contribution in [0.25, 0.3) is 0 Å². The molecule has 0 unspecified atom stereocenters. The first kappa shape index (κ1) is 19.6. The van der Waals surface area contributed by atoms with Crippen molar-refractivity contribution >= 4 is 29.6 Å². The van der Waals surface area contributed by atoms with Crippen LogP contribution in [0.15, 0.2) is 10.5 Å². The number of aromatic carboxylic acids is 1. The van der Waals surface area contributed by atoms with Gasteiger partial charge in [0.25, 0.3) is 5.91 Å². The van der Waals surface area contributed by atoms with Crippen LogP contribution in [0, 0.1) is 0 Å². The predicted molar refractivity (Wildman–Crippen MR) is 93.5 cm³/mol. The number of hydrogen-bond acceptors (Lipinski definition) is 6.